The van der Waals surface area contributed by atoms with E-state index in [4.69, 9.17) is 9.47 Å². The van der Waals surface area contributed by atoms with E-state index in [9.17, 15) is 30.3 Å². The summed E-state index contributed by atoms with van der Waals surface area (Å²) in [4.78, 5) is 32.0. The van der Waals surface area contributed by atoms with E-state index in [0.717, 1.165) is 22.0 Å². The fourth-order valence-electron chi connectivity index (χ4n) is 5.26. The molecule has 0 unspecified atom stereocenters. The molecule has 4 aromatic carbocycles. The number of phenols is 2. The minimum absolute atomic E-state index is 0.0251. The van der Waals surface area contributed by atoms with E-state index in [1.165, 1.54) is 72.1 Å². The number of aryl methyl sites for hydroxylation is 2. The van der Waals surface area contributed by atoms with Crippen LogP contribution in [0, 0.1) is 22.7 Å². The number of para-hydroxylation sites is 1. The van der Waals surface area contributed by atoms with Crippen LogP contribution in [0.15, 0.2) is 113 Å². The molecule has 6 rings (SSSR count). The number of methoxy groups -OCH3 is 2. The van der Waals surface area contributed by atoms with Gasteiger partial charge in [-0.2, -0.15) is 20.6 Å². The van der Waals surface area contributed by atoms with Crippen LogP contribution in [-0.4, -0.2) is 56.2 Å². The monoisotopic (exact) mass is 826 g/mol. The van der Waals surface area contributed by atoms with Crippen LogP contribution in [0.3, 0.4) is 0 Å². The second kappa shape index (κ2) is 20.7. The summed E-state index contributed by atoms with van der Waals surface area (Å²) in [6.45, 7) is 4.41. The van der Waals surface area contributed by atoms with Crippen molar-refractivity contribution in [3.63, 3.8) is 0 Å². The Balaban J connectivity index is 0.000000224. The molecular weight excluding hydrogens is 789 g/mol. The maximum atomic E-state index is 13.3. The number of ether oxygens (including phenoxy) is 2. The molecule has 0 saturated heterocycles. The lowest BCUT2D eigenvalue weighted by Gasteiger charge is -2.19. The number of nitriles is 2. The highest BCUT2D eigenvalue weighted by molar-refractivity contribution is 7.15. The van der Waals surface area contributed by atoms with Crippen LogP contribution in [0.25, 0.3) is 12.2 Å². The molecule has 0 atom stereocenters. The molecule has 0 fully saturated rings. The number of carbonyl (C=O) groups is 2. The van der Waals surface area contributed by atoms with Gasteiger partial charge in [-0.05, 0) is 78.1 Å². The third kappa shape index (κ3) is 11.1. The van der Waals surface area contributed by atoms with Gasteiger partial charge in [-0.3, -0.25) is 9.59 Å². The number of phenolic OH excluding ortho intramolecular Hbond substituents is 2. The van der Waals surface area contributed by atoms with E-state index in [1.807, 2.05) is 62.4 Å². The zero-order chi connectivity index (χ0) is 42.3. The molecular formula is C43H38N8O6S2. The molecule has 298 valence electrons. The number of hydrogen-bond acceptors (Lipinski definition) is 13. The number of amides is 2. The van der Waals surface area contributed by atoms with Gasteiger partial charge in [-0.25, -0.2) is 9.58 Å². The Hall–Kier alpha value is -7.40. The number of rotatable bonds is 12. The van der Waals surface area contributed by atoms with E-state index in [-0.39, 0.29) is 34.1 Å². The van der Waals surface area contributed by atoms with Crippen LogP contribution in [0.4, 0.5) is 10.8 Å². The van der Waals surface area contributed by atoms with Gasteiger partial charge >= 0.3 is 0 Å². The van der Waals surface area contributed by atoms with Gasteiger partial charge in [-0.15, -0.1) is 10.2 Å². The average molecular weight is 827 g/mol. The van der Waals surface area contributed by atoms with Gasteiger partial charge in [0.1, 0.15) is 33.3 Å². The summed E-state index contributed by atoms with van der Waals surface area (Å²) in [5.41, 5.74) is 2.49. The summed E-state index contributed by atoms with van der Waals surface area (Å²) in [5.74, 6) is -0.729. The molecule has 14 nitrogen and oxygen atoms in total. The SMILES string of the molecule is CCc1nn(Cc2ccccc2)/c(=N/C(=O)/C(C#N)=C/c2ccc(O)c(OC)c2)s1.CCc1nnc(N(C(=O)/C(C#N)=C/c2ccc(O)c(OC)c2)c2ccccc2)s1. The van der Waals surface area contributed by atoms with Gasteiger partial charge < -0.3 is 19.7 Å². The fraction of sp³-hybridized carbons (Fsp3) is 0.163. The van der Waals surface area contributed by atoms with Crippen LogP contribution >= 0.6 is 22.7 Å². The quantitative estimate of drug-likeness (QED) is 0.0921. The van der Waals surface area contributed by atoms with Crippen molar-refractivity contribution in [1.82, 2.24) is 20.0 Å². The Labute approximate surface area is 348 Å². The Bertz CT molecular complexity index is 2640. The molecule has 2 heterocycles. The first-order valence-corrected chi connectivity index (χ1v) is 19.6. The van der Waals surface area contributed by atoms with Gasteiger partial charge in [0.25, 0.3) is 11.8 Å². The van der Waals surface area contributed by atoms with Crippen molar-refractivity contribution >= 4 is 57.5 Å². The number of nitrogens with zero attached hydrogens (tertiary/aromatic N) is 8. The van der Waals surface area contributed by atoms with E-state index < -0.39 is 11.8 Å². The molecule has 0 saturated carbocycles. The first-order chi connectivity index (χ1) is 28.6. The highest BCUT2D eigenvalue weighted by Gasteiger charge is 2.25. The number of hydrogen-bond donors (Lipinski definition) is 2. The third-order valence-corrected chi connectivity index (χ3v) is 10.4. The lowest BCUT2D eigenvalue weighted by atomic mass is 10.1. The van der Waals surface area contributed by atoms with E-state index >= 15 is 0 Å². The van der Waals surface area contributed by atoms with Crippen LogP contribution in [0.1, 0.15) is 40.6 Å². The second-order valence-corrected chi connectivity index (χ2v) is 14.3. The molecule has 2 amide bonds. The maximum Gasteiger partial charge on any atom is 0.290 e. The number of aromatic nitrogens is 4. The van der Waals surface area contributed by atoms with Crippen molar-refractivity contribution in [2.75, 3.05) is 19.1 Å². The minimum atomic E-state index is -0.655. The number of aromatic hydroxyl groups is 2. The Kier molecular flexibility index (Phi) is 15.0. The molecule has 0 radical (unpaired) electrons. The van der Waals surface area contributed by atoms with Gasteiger partial charge in [0.2, 0.25) is 9.93 Å². The van der Waals surface area contributed by atoms with Crippen LogP contribution in [0.5, 0.6) is 23.0 Å². The summed E-state index contributed by atoms with van der Waals surface area (Å²) >= 11 is 2.62. The van der Waals surface area contributed by atoms with Crippen molar-refractivity contribution in [1.29, 1.82) is 10.5 Å². The van der Waals surface area contributed by atoms with Crippen LogP contribution in [-0.2, 0) is 29.0 Å². The second-order valence-electron chi connectivity index (χ2n) is 12.2. The summed E-state index contributed by atoms with van der Waals surface area (Å²) in [6, 6.07) is 31.8. The summed E-state index contributed by atoms with van der Waals surface area (Å²) in [7, 11) is 2.85. The predicted molar refractivity (Wildman–Crippen MR) is 225 cm³/mol. The lowest BCUT2D eigenvalue weighted by Crippen LogP contribution is -2.27. The predicted octanol–water partition coefficient (Wildman–Crippen LogP) is 7.39. The van der Waals surface area contributed by atoms with E-state index in [2.05, 4.69) is 20.3 Å². The molecule has 0 aliphatic carbocycles. The van der Waals surface area contributed by atoms with Crippen molar-refractivity contribution in [3.05, 3.63) is 140 Å². The Morgan fingerprint density at radius 1 is 0.780 bits per heavy atom. The van der Waals surface area contributed by atoms with Gasteiger partial charge in [0, 0.05) is 0 Å². The van der Waals surface area contributed by atoms with Crippen LogP contribution in [0.2, 0.25) is 0 Å². The smallest absolute Gasteiger partial charge is 0.290 e. The number of carbonyl (C=O) groups excluding carboxylic acids is 2. The molecule has 0 aliphatic heterocycles. The van der Waals surface area contributed by atoms with E-state index in [1.54, 1.807) is 47.1 Å². The Morgan fingerprint density at radius 3 is 1.86 bits per heavy atom. The van der Waals surface area contributed by atoms with Gasteiger partial charge in [0.15, 0.2) is 23.0 Å². The van der Waals surface area contributed by atoms with Crippen molar-refractivity contribution in [2.24, 2.45) is 4.99 Å². The highest BCUT2D eigenvalue weighted by Crippen LogP contribution is 2.32. The molecule has 2 N–H and O–H groups in total. The van der Waals surface area contributed by atoms with Gasteiger partial charge in [-0.1, -0.05) is 97.2 Å². The van der Waals surface area contributed by atoms with Crippen molar-refractivity contribution in [3.8, 4) is 35.1 Å². The summed E-state index contributed by atoms with van der Waals surface area (Å²) < 4.78 is 11.8. The highest BCUT2D eigenvalue weighted by atomic mass is 32.1. The van der Waals surface area contributed by atoms with Gasteiger partial charge in [0.05, 0.1) is 26.5 Å². The molecule has 2 aromatic heterocycles. The molecule has 59 heavy (non-hydrogen) atoms. The standard InChI is InChI=1S/C22H20N4O3S.C21H18N4O3S/c1-3-20-25-26(14-15-7-5-4-6-8-15)22(30-20)24-21(28)17(13-23)11-16-9-10-18(27)19(12-16)29-2;1-3-19-23-24-21(29-19)25(16-7-5-4-6-8-16)20(27)15(13-22)11-14-9-10-17(26)18(12-14)28-2/h4-12,27H,3,14H2,1-2H3;4-12,26H,3H2,1-2H3/b17-11+,24-22-;15-11+. The number of benzene rings is 4. The van der Waals surface area contributed by atoms with Crippen molar-refractivity contribution < 1.29 is 29.3 Å². The maximum absolute atomic E-state index is 13.3. The van der Waals surface area contributed by atoms with E-state index in [0.29, 0.717) is 39.7 Å². The summed E-state index contributed by atoms with van der Waals surface area (Å²) in [5, 5.41) is 53.4. The zero-order valence-electron chi connectivity index (χ0n) is 32.4. The lowest BCUT2D eigenvalue weighted by molar-refractivity contribution is -0.114. The molecule has 0 spiro atoms. The topological polar surface area (TPSA) is 200 Å². The first kappa shape index (κ1) is 42.7. The minimum Gasteiger partial charge on any atom is -0.504 e. The zero-order valence-corrected chi connectivity index (χ0v) is 34.1. The first-order valence-electron chi connectivity index (χ1n) is 18.0. The fourth-order valence-corrected chi connectivity index (χ4v) is 6.89. The van der Waals surface area contributed by atoms with Crippen LogP contribution < -0.4 is 19.2 Å². The molecule has 0 bridgehead atoms. The normalized spacial score (nSPS) is 11.5. The molecule has 16 heteroatoms. The largest absolute Gasteiger partial charge is 0.504 e. The summed E-state index contributed by atoms with van der Waals surface area (Å²) in [6.07, 6.45) is 4.28. The molecule has 0 aliphatic rings. The average Bonchev–Trinajstić information content (AvgIpc) is 3.90. The third-order valence-electron chi connectivity index (χ3n) is 8.24. The van der Waals surface area contributed by atoms with Crippen molar-refractivity contribution in [2.45, 2.75) is 33.2 Å². The molecule has 6 aromatic rings. The Morgan fingerprint density at radius 2 is 1.34 bits per heavy atom. The number of anilines is 2.